The molecule has 4 heteroatoms. The van der Waals surface area contributed by atoms with E-state index < -0.39 is 0 Å². The Morgan fingerprint density at radius 2 is 2.06 bits per heavy atom. The first-order chi connectivity index (χ1) is 8.24. The molecule has 0 aliphatic rings. The Kier molecular flexibility index (Phi) is 6.73. The molecule has 0 spiro atoms. The number of hydrogen-bond donors (Lipinski definition) is 2. The molecule has 96 valence electrons. The van der Waals surface area contributed by atoms with Crippen molar-refractivity contribution in [1.82, 2.24) is 4.90 Å². The summed E-state index contributed by atoms with van der Waals surface area (Å²) in [6.45, 7) is 4.47. The minimum absolute atomic E-state index is 0.165. The molecule has 0 amide bonds. The molecule has 0 saturated heterocycles. The van der Waals surface area contributed by atoms with Gasteiger partial charge in [-0.3, -0.25) is 4.90 Å². The van der Waals surface area contributed by atoms with Gasteiger partial charge < -0.3 is 10.8 Å². The molecule has 1 rings (SSSR count). The summed E-state index contributed by atoms with van der Waals surface area (Å²) in [6, 6.07) is 8.30. The third kappa shape index (κ3) is 4.07. The van der Waals surface area contributed by atoms with Crippen LogP contribution in [-0.4, -0.2) is 36.2 Å². The molecule has 0 fully saturated rings. The molecule has 1 atom stereocenters. The summed E-state index contributed by atoms with van der Waals surface area (Å²) in [6.07, 6.45) is 1.06. The smallest absolute Gasteiger partial charge is 0.0558 e. The maximum Gasteiger partial charge on any atom is 0.0558 e. The fourth-order valence-corrected chi connectivity index (χ4v) is 2.61. The van der Waals surface area contributed by atoms with Gasteiger partial charge in [-0.2, -0.15) is 0 Å². The van der Waals surface area contributed by atoms with E-state index in [1.165, 1.54) is 5.56 Å². The van der Waals surface area contributed by atoms with Crippen molar-refractivity contribution in [2.24, 2.45) is 5.73 Å². The predicted molar refractivity (Wildman–Crippen MR) is 74.9 cm³/mol. The van der Waals surface area contributed by atoms with Crippen LogP contribution < -0.4 is 5.73 Å². The van der Waals surface area contributed by atoms with Gasteiger partial charge in [0, 0.05) is 23.6 Å². The van der Waals surface area contributed by atoms with E-state index in [1.807, 2.05) is 18.2 Å². The molecule has 3 N–H and O–H groups in total. The van der Waals surface area contributed by atoms with Crippen LogP contribution in [0.3, 0.4) is 0 Å². The highest BCUT2D eigenvalue weighted by Gasteiger charge is 2.19. The van der Waals surface area contributed by atoms with Gasteiger partial charge in [0.1, 0.15) is 0 Å². The van der Waals surface area contributed by atoms with E-state index in [1.54, 1.807) is 0 Å². The highest BCUT2D eigenvalue weighted by Crippen LogP contribution is 2.27. The van der Waals surface area contributed by atoms with Crippen molar-refractivity contribution in [3.05, 3.63) is 34.3 Å². The van der Waals surface area contributed by atoms with Gasteiger partial charge in [-0.15, -0.1) is 0 Å². The molecule has 17 heavy (non-hydrogen) atoms. The summed E-state index contributed by atoms with van der Waals surface area (Å²) in [5, 5.41) is 9.13. The Bertz CT molecular complexity index is 327. The van der Waals surface area contributed by atoms with Gasteiger partial charge in [-0.1, -0.05) is 41.1 Å². The number of nitrogens with zero attached hydrogens (tertiary/aromatic N) is 1. The predicted octanol–water partition coefficient (Wildman–Crippen LogP) is 2.15. The summed E-state index contributed by atoms with van der Waals surface area (Å²) < 4.78 is 1.08. The van der Waals surface area contributed by atoms with Crippen LogP contribution in [0.25, 0.3) is 0 Å². The van der Waals surface area contributed by atoms with E-state index in [0.29, 0.717) is 13.1 Å². The molecular weight excluding hydrogens is 280 g/mol. The number of benzene rings is 1. The third-order valence-electron chi connectivity index (χ3n) is 2.83. The lowest BCUT2D eigenvalue weighted by molar-refractivity contribution is 0.153. The van der Waals surface area contributed by atoms with E-state index >= 15 is 0 Å². The number of nitrogens with two attached hydrogens (primary N) is 1. The van der Waals surface area contributed by atoms with Crippen molar-refractivity contribution in [3.8, 4) is 0 Å². The van der Waals surface area contributed by atoms with Crippen molar-refractivity contribution in [1.29, 1.82) is 0 Å². The largest absolute Gasteiger partial charge is 0.395 e. The van der Waals surface area contributed by atoms with Gasteiger partial charge in [0.15, 0.2) is 0 Å². The Balaban J connectivity index is 2.91. The monoisotopic (exact) mass is 300 g/mol. The van der Waals surface area contributed by atoms with Crippen molar-refractivity contribution >= 4 is 15.9 Å². The molecule has 0 bridgehead atoms. The lowest BCUT2D eigenvalue weighted by Crippen LogP contribution is -2.36. The molecule has 0 aromatic heterocycles. The summed E-state index contributed by atoms with van der Waals surface area (Å²) in [7, 11) is 0. The zero-order chi connectivity index (χ0) is 12.7. The minimum atomic E-state index is 0.165. The normalized spacial score (nSPS) is 13.0. The molecule has 0 heterocycles. The maximum atomic E-state index is 9.13. The second-order valence-corrected chi connectivity index (χ2v) is 4.89. The Labute approximate surface area is 112 Å². The number of aliphatic hydroxyl groups is 1. The van der Waals surface area contributed by atoms with Gasteiger partial charge in [-0.05, 0) is 24.6 Å². The number of aliphatic hydroxyl groups excluding tert-OH is 1. The molecule has 1 unspecified atom stereocenters. The average Bonchev–Trinajstić information content (AvgIpc) is 2.33. The molecule has 1 aromatic rings. The second-order valence-electron chi connectivity index (χ2n) is 4.03. The van der Waals surface area contributed by atoms with E-state index in [4.69, 9.17) is 10.8 Å². The first kappa shape index (κ1) is 14.6. The standard InChI is InChI=1S/C13H21BrN2O/c1-2-7-16(8-9-17)13(10-15)11-5-3-4-6-12(11)14/h3-6,13,17H,2,7-10,15H2,1H3. The lowest BCUT2D eigenvalue weighted by Gasteiger charge is -2.31. The van der Waals surface area contributed by atoms with Crippen LogP contribution in [0.5, 0.6) is 0 Å². The fourth-order valence-electron chi connectivity index (χ4n) is 2.06. The van der Waals surface area contributed by atoms with Crippen LogP contribution in [0.4, 0.5) is 0 Å². The topological polar surface area (TPSA) is 49.5 Å². The summed E-state index contributed by atoms with van der Waals surface area (Å²) in [5.41, 5.74) is 7.08. The Hall–Kier alpha value is -0.420. The fraction of sp³-hybridized carbons (Fsp3) is 0.538. The first-order valence-electron chi connectivity index (χ1n) is 6.04. The van der Waals surface area contributed by atoms with Crippen LogP contribution in [-0.2, 0) is 0 Å². The number of halogens is 1. The van der Waals surface area contributed by atoms with Crippen molar-refractivity contribution < 1.29 is 5.11 Å². The highest BCUT2D eigenvalue weighted by atomic mass is 79.9. The molecule has 0 saturated carbocycles. The lowest BCUT2D eigenvalue weighted by atomic mass is 10.1. The van der Waals surface area contributed by atoms with E-state index in [2.05, 4.69) is 33.8 Å². The minimum Gasteiger partial charge on any atom is -0.395 e. The molecule has 1 aromatic carbocycles. The summed E-state index contributed by atoms with van der Waals surface area (Å²) in [5.74, 6) is 0. The van der Waals surface area contributed by atoms with Crippen LogP contribution in [0, 0.1) is 0 Å². The zero-order valence-electron chi connectivity index (χ0n) is 10.3. The van der Waals surface area contributed by atoms with Crippen LogP contribution in [0.15, 0.2) is 28.7 Å². The SMILES string of the molecule is CCCN(CCO)C(CN)c1ccccc1Br. The second kappa shape index (κ2) is 7.82. The highest BCUT2D eigenvalue weighted by molar-refractivity contribution is 9.10. The summed E-state index contributed by atoms with van der Waals surface area (Å²) in [4.78, 5) is 2.24. The quantitative estimate of drug-likeness (QED) is 0.811. The van der Waals surface area contributed by atoms with Crippen molar-refractivity contribution in [2.75, 3.05) is 26.2 Å². The molecule has 0 aliphatic heterocycles. The van der Waals surface area contributed by atoms with Crippen LogP contribution >= 0.6 is 15.9 Å². The Morgan fingerprint density at radius 3 is 2.59 bits per heavy atom. The summed E-state index contributed by atoms with van der Waals surface area (Å²) >= 11 is 3.56. The van der Waals surface area contributed by atoms with E-state index in [-0.39, 0.29) is 12.6 Å². The van der Waals surface area contributed by atoms with Gasteiger partial charge in [0.2, 0.25) is 0 Å². The van der Waals surface area contributed by atoms with Gasteiger partial charge in [0.05, 0.1) is 6.61 Å². The van der Waals surface area contributed by atoms with Crippen LogP contribution in [0.2, 0.25) is 0 Å². The van der Waals surface area contributed by atoms with Crippen molar-refractivity contribution in [2.45, 2.75) is 19.4 Å². The van der Waals surface area contributed by atoms with Crippen molar-refractivity contribution in [3.63, 3.8) is 0 Å². The average molecular weight is 301 g/mol. The number of rotatable bonds is 7. The zero-order valence-corrected chi connectivity index (χ0v) is 11.9. The molecular formula is C13H21BrN2O. The van der Waals surface area contributed by atoms with E-state index in [0.717, 1.165) is 17.4 Å². The van der Waals surface area contributed by atoms with Crippen LogP contribution in [0.1, 0.15) is 24.9 Å². The van der Waals surface area contributed by atoms with Gasteiger partial charge in [-0.25, -0.2) is 0 Å². The molecule has 0 aliphatic carbocycles. The van der Waals surface area contributed by atoms with Gasteiger partial charge >= 0.3 is 0 Å². The maximum absolute atomic E-state index is 9.13. The molecule has 0 radical (unpaired) electrons. The Morgan fingerprint density at radius 1 is 1.35 bits per heavy atom. The van der Waals surface area contributed by atoms with Gasteiger partial charge in [0.25, 0.3) is 0 Å². The first-order valence-corrected chi connectivity index (χ1v) is 6.83. The van der Waals surface area contributed by atoms with E-state index in [9.17, 15) is 0 Å². The third-order valence-corrected chi connectivity index (χ3v) is 3.55. The molecule has 3 nitrogen and oxygen atoms in total. The number of hydrogen-bond acceptors (Lipinski definition) is 3.